The van der Waals surface area contributed by atoms with Crippen LogP contribution in [0.2, 0.25) is 0 Å². The first-order valence-electron chi connectivity index (χ1n) is 7.67. The second-order valence-corrected chi connectivity index (χ2v) is 5.79. The van der Waals surface area contributed by atoms with Crippen LogP contribution in [0, 0.1) is 6.92 Å². The molecule has 0 aromatic carbocycles. The number of aromatic nitrogens is 4. The normalized spacial score (nSPS) is 18.5. The molecule has 0 unspecified atom stereocenters. The van der Waals surface area contributed by atoms with E-state index in [9.17, 15) is 4.79 Å². The van der Waals surface area contributed by atoms with E-state index in [4.69, 9.17) is 0 Å². The molecule has 0 N–H and O–H groups in total. The molecule has 1 atom stereocenters. The minimum absolute atomic E-state index is 0.0555. The fraction of sp³-hybridized carbons (Fsp3) is 0.500. The van der Waals surface area contributed by atoms with Crippen molar-refractivity contribution in [1.29, 1.82) is 0 Å². The Kier molecular flexibility index (Phi) is 3.92. The Hall–Kier alpha value is -2.24. The minimum Gasteiger partial charge on any atom is -0.334 e. The highest BCUT2D eigenvalue weighted by Crippen LogP contribution is 2.31. The summed E-state index contributed by atoms with van der Waals surface area (Å²) < 4.78 is 1.80. The van der Waals surface area contributed by atoms with Gasteiger partial charge in [0, 0.05) is 26.7 Å². The average Bonchev–Trinajstić information content (AvgIpc) is 2.92. The van der Waals surface area contributed by atoms with Crippen molar-refractivity contribution in [3.8, 4) is 11.4 Å². The van der Waals surface area contributed by atoms with Gasteiger partial charge >= 0.3 is 0 Å². The Balaban J connectivity index is 2.02. The zero-order chi connectivity index (χ0) is 15.7. The van der Waals surface area contributed by atoms with E-state index in [1.165, 1.54) is 0 Å². The number of hydrogen-bond donors (Lipinski definition) is 0. The molecule has 1 aliphatic heterocycles. The lowest BCUT2D eigenvalue weighted by Gasteiger charge is -2.34. The smallest absolute Gasteiger partial charge is 0.220 e. The van der Waals surface area contributed by atoms with Crippen molar-refractivity contribution >= 4 is 5.91 Å². The Labute approximate surface area is 130 Å². The third-order valence-corrected chi connectivity index (χ3v) is 4.19. The van der Waals surface area contributed by atoms with Gasteiger partial charge in [0.05, 0.1) is 23.1 Å². The third kappa shape index (κ3) is 2.73. The van der Waals surface area contributed by atoms with Crippen LogP contribution in [0.1, 0.15) is 43.7 Å². The minimum atomic E-state index is 0.0555. The maximum absolute atomic E-state index is 11.9. The van der Waals surface area contributed by atoms with Gasteiger partial charge in [0.15, 0.2) is 0 Å². The summed E-state index contributed by atoms with van der Waals surface area (Å²) >= 11 is 0. The van der Waals surface area contributed by atoms with Gasteiger partial charge in [-0.3, -0.25) is 9.48 Å². The van der Waals surface area contributed by atoms with E-state index in [-0.39, 0.29) is 11.9 Å². The number of piperidine rings is 1. The molecule has 3 rings (SSSR count). The topological polar surface area (TPSA) is 63.9 Å². The molecule has 6 nitrogen and oxygen atoms in total. The molecule has 0 radical (unpaired) electrons. The lowest BCUT2D eigenvalue weighted by Crippen LogP contribution is -2.37. The Bertz CT molecular complexity index is 694. The van der Waals surface area contributed by atoms with Gasteiger partial charge in [0.1, 0.15) is 5.82 Å². The molecule has 0 saturated carbocycles. The maximum atomic E-state index is 11.9. The number of carbonyl (C=O) groups excluding carboxylic acids is 1. The summed E-state index contributed by atoms with van der Waals surface area (Å²) in [6.07, 6.45) is 4.91. The number of likely N-dealkylation sites (tertiary alicyclic amines) is 1. The summed E-state index contributed by atoms with van der Waals surface area (Å²) in [5, 5.41) is 4.20. The van der Waals surface area contributed by atoms with Crippen LogP contribution < -0.4 is 0 Å². The van der Waals surface area contributed by atoms with Crippen molar-refractivity contribution in [1.82, 2.24) is 24.6 Å². The molecule has 0 spiro atoms. The van der Waals surface area contributed by atoms with E-state index in [2.05, 4.69) is 15.1 Å². The Morgan fingerprint density at radius 3 is 2.82 bits per heavy atom. The predicted octanol–water partition coefficient (Wildman–Crippen LogP) is 2.26. The monoisotopic (exact) mass is 299 g/mol. The van der Waals surface area contributed by atoms with Gasteiger partial charge < -0.3 is 4.90 Å². The van der Waals surface area contributed by atoms with Crippen LogP contribution in [0.25, 0.3) is 11.4 Å². The molecular weight excluding hydrogens is 278 g/mol. The largest absolute Gasteiger partial charge is 0.334 e. The first-order valence-corrected chi connectivity index (χ1v) is 7.67. The molecule has 1 saturated heterocycles. The highest BCUT2D eigenvalue weighted by molar-refractivity contribution is 5.74. The van der Waals surface area contributed by atoms with Crippen LogP contribution in [0.4, 0.5) is 0 Å². The molecule has 3 heterocycles. The van der Waals surface area contributed by atoms with Gasteiger partial charge in [-0.2, -0.15) is 5.10 Å². The van der Waals surface area contributed by atoms with Gasteiger partial charge in [-0.15, -0.1) is 0 Å². The molecule has 1 aliphatic rings. The Morgan fingerprint density at radius 1 is 1.32 bits per heavy atom. The van der Waals surface area contributed by atoms with Crippen LogP contribution in [0.15, 0.2) is 18.3 Å². The van der Waals surface area contributed by atoms with Crippen molar-refractivity contribution in [2.45, 2.75) is 39.2 Å². The van der Waals surface area contributed by atoms with E-state index >= 15 is 0 Å². The first kappa shape index (κ1) is 14.7. The van der Waals surface area contributed by atoms with Crippen molar-refractivity contribution in [2.24, 2.45) is 7.05 Å². The molecule has 116 valence electrons. The highest BCUT2D eigenvalue weighted by atomic mass is 16.2. The molecule has 0 aliphatic carbocycles. The van der Waals surface area contributed by atoms with Crippen molar-refractivity contribution in [3.63, 3.8) is 0 Å². The van der Waals surface area contributed by atoms with E-state index in [1.807, 2.05) is 31.0 Å². The summed E-state index contributed by atoms with van der Waals surface area (Å²) in [5.41, 5.74) is 2.74. The Morgan fingerprint density at radius 2 is 2.14 bits per heavy atom. The van der Waals surface area contributed by atoms with Crippen LogP contribution >= 0.6 is 0 Å². The average molecular weight is 299 g/mol. The van der Waals surface area contributed by atoms with Gasteiger partial charge in [0.25, 0.3) is 0 Å². The SMILES string of the molecule is CC(=O)N1CCCC[C@@H]1c1cc(-c2ccnn2C)nc(C)n1. The van der Waals surface area contributed by atoms with Crippen LogP contribution in [-0.2, 0) is 11.8 Å². The molecule has 1 fully saturated rings. The van der Waals surface area contributed by atoms with E-state index < -0.39 is 0 Å². The van der Waals surface area contributed by atoms with Gasteiger partial charge in [-0.25, -0.2) is 9.97 Å². The standard InChI is InChI=1S/C16H21N5O/c1-11-18-13(15-7-8-17-20(15)3)10-14(19-11)16-6-4-5-9-21(16)12(2)22/h7-8,10,16H,4-6,9H2,1-3H3/t16-/m1/s1. The molecule has 1 amide bonds. The molecule has 2 aromatic heterocycles. The van der Waals surface area contributed by atoms with E-state index in [1.54, 1.807) is 17.8 Å². The zero-order valence-corrected chi connectivity index (χ0v) is 13.3. The summed E-state index contributed by atoms with van der Waals surface area (Å²) in [4.78, 5) is 23.0. The van der Waals surface area contributed by atoms with Crippen LogP contribution in [0.3, 0.4) is 0 Å². The fourth-order valence-corrected chi connectivity index (χ4v) is 3.13. The quantitative estimate of drug-likeness (QED) is 0.853. The van der Waals surface area contributed by atoms with Crippen molar-refractivity contribution in [2.75, 3.05) is 6.54 Å². The molecule has 6 heteroatoms. The maximum Gasteiger partial charge on any atom is 0.220 e. The number of nitrogens with zero attached hydrogens (tertiary/aromatic N) is 5. The number of amides is 1. The lowest BCUT2D eigenvalue weighted by atomic mass is 9.98. The highest BCUT2D eigenvalue weighted by Gasteiger charge is 2.27. The van der Waals surface area contributed by atoms with Crippen LogP contribution in [-0.4, -0.2) is 37.1 Å². The zero-order valence-electron chi connectivity index (χ0n) is 13.3. The summed E-state index contributed by atoms with van der Waals surface area (Å²) in [5.74, 6) is 0.839. The fourth-order valence-electron chi connectivity index (χ4n) is 3.13. The number of rotatable bonds is 2. The first-order chi connectivity index (χ1) is 10.6. The van der Waals surface area contributed by atoms with Gasteiger partial charge in [0.2, 0.25) is 5.91 Å². The molecule has 2 aromatic rings. The number of carbonyl (C=O) groups is 1. The second kappa shape index (κ2) is 5.87. The predicted molar refractivity (Wildman–Crippen MR) is 83.0 cm³/mol. The third-order valence-electron chi connectivity index (χ3n) is 4.19. The number of aryl methyl sites for hydroxylation is 2. The second-order valence-electron chi connectivity index (χ2n) is 5.79. The molecule has 0 bridgehead atoms. The molecule has 22 heavy (non-hydrogen) atoms. The van der Waals surface area contributed by atoms with Gasteiger partial charge in [-0.1, -0.05) is 0 Å². The van der Waals surface area contributed by atoms with Gasteiger partial charge in [-0.05, 0) is 38.3 Å². The summed E-state index contributed by atoms with van der Waals surface area (Å²) in [7, 11) is 1.90. The molecular formula is C16H21N5O. The van der Waals surface area contributed by atoms with E-state index in [0.717, 1.165) is 48.7 Å². The number of hydrogen-bond acceptors (Lipinski definition) is 4. The van der Waals surface area contributed by atoms with Crippen LogP contribution in [0.5, 0.6) is 0 Å². The summed E-state index contributed by atoms with van der Waals surface area (Å²) in [6, 6.07) is 3.99. The summed E-state index contributed by atoms with van der Waals surface area (Å²) in [6.45, 7) is 4.34. The van der Waals surface area contributed by atoms with Crippen molar-refractivity contribution < 1.29 is 4.79 Å². The van der Waals surface area contributed by atoms with Crippen molar-refractivity contribution in [3.05, 3.63) is 29.8 Å². The lowest BCUT2D eigenvalue weighted by molar-refractivity contribution is -0.132. The van der Waals surface area contributed by atoms with E-state index in [0.29, 0.717) is 0 Å².